The lowest BCUT2D eigenvalue weighted by atomic mass is 9.86. The average molecular weight is 239 g/mol. The number of nitrogens with one attached hydrogen (secondary N) is 1. The Morgan fingerprint density at radius 3 is 2.35 bits per heavy atom. The molecule has 0 amide bonds. The van der Waals surface area contributed by atoms with Gasteiger partial charge in [-0.2, -0.15) is 0 Å². The normalized spacial score (nSPS) is 24.9. The third-order valence-corrected chi connectivity index (χ3v) is 4.61. The number of hydrogen-bond donors (Lipinski definition) is 2. The molecular weight excluding hydrogens is 214 g/mol. The molecule has 0 aromatic carbocycles. The van der Waals surface area contributed by atoms with Crippen molar-refractivity contribution in [1.82, 2.24) is 5.32 Å². The maximum Gasteiger partial charge on any atom is 0.323 e. The van der Waals surface area contributed by atoms with Gasteiger partial charge < -0.3 is 10.4 Å². The minimum absolute atomic E-state index is 0.589. The summed E-state index contributed by atoms with van der Waals surface area (Å²) in [6.45, 7) is 0.886. The van der Waals surface area contributed by atoms with E-state index in [-0.39, 0.29) is 0 Å². The molecule has 2 N–H and O–H groups in total. The fraction of sp³-hybridized carbons (Fsp3) is 0.929. The molecule has 0 spiro atoms. The number of carboxylic acid groups (broad SMARTS) is 1. The Balaban J connectivity index is 1.74. The van der Waals surface area contributed by atoms with E-state index in [1.165, 1.54) is 32.1 Å². The SMILES string of the molecule is O=C(O)C1(NCCC2CCCCC2)CCCC1. The highest BCUT2D eigenvalue weighted by Gasteiger charge is 2.40. The van der Waals surface area contributed by atoms with Gasteiger partial charge in [0, 0.05) is 0 Å². The predicted molar refractivity (Wildman–Crippen MR) is 68.0 cm³/mol. The van der Waals surface area contributed by atoms with Crippen LogP contribution in [0.5, 0.6) is 0 Å². The van der Waals surface area contributed by atoms with Crippen LogP contribution in [0.4, 0.5) is 0 Å². The molecule has 0 radical (unpaired) electrons. The molecule has 0 saturated heterocycles. The van der Waals surface area contributed by atoms with Crippen molar-refractivity contribution in [2.24, 2.45) is 5.92 Å². The lowest BCUT2D eigenvalue weighted by Crippen LogP contribution is -2.50. The lowest BCUT2D eigenvalue weighted by molar-refractivity contribution is -0.144. The van der Waals surface area contributed by atoms with Crippen molar-refractivity contribution < 1.29 is 9.90 Å². The molecular formula is C14H25NO2. The monoisotopic (exact) mass is 239 g/mol. The van der Waals surface area contributed by atoms with E-state index in [9.17, 15) is 9.90 Å². The maximum atomic E-state index is 11.3. The minimum atomic E-state index is -0.640. The van der Waals surface area contributed by atoms with E-state index >= 15 is 0 Å². The first kappa shape index (κ1) is 12.9. The first-order chi connectivity index (χ1) is 8.23. The maximum absolute atomic E-state index is 11.3. The van der Waals surface area contributed by atoms with E-state index in [0.29, 0.717) is 0 Å². The molecule has 0 bridgehead atoms. The van der Waals surface area contributed by atoms with Gasteiger partial charge in [0.15, 0.2) is 0 Å². The summed E-state index contributed by atoms with van der Waals surface area (Å²) in [6, 6.07) is 0. The zero-order valence-corrected chi connectivity index (χ0v) is 10.7. The molecule has 0 heterocycles. The summed E-state index contributed by atoms with van der Waals surface area (Å²) in [5.74, 6) is 0.196. The smallest absolute Gasteiger partial charge is 0.323 e. The van der Waals surface area contributed by atoms with Gasteiger partial charge in [-0.25, -0.2) is 0 Å². The standard InChI is InChI=1S/C14H25NO2/c16-13(17)14(9-4-5-10-14)15-11-8-12-6-2-1-3-7-12/h12,15H,1-11H2,(H,16,17). The number of carboxylic acids is 1. The van der Waals surface area contributed by atoms with Gasteiger partial charge in [-0.15, -0.1) is 0 Å². The molecule has 3 heteroatoms. The van der Waals surface area contributed by atoms with Gasteiger partial charge in [0.25, 0.3) is 0 Å². The van der Waals surface area contributed by atoms with Crippen molar-refractivity contribution in [3.63, 3.8) is 0 Å². The van der Waals surface area contributed by atoms with Crippen LogP contribution in [0.3, 0.4) is 0 Å². The second-order valence-electron chi connectivity index (χ2n) is 5.81. The van der Waals surface area contributed by atoms with E-state index < -0.39 is 11.5 Å². The molecule has 3 nitrogen and oxygen atoms in total. The molecule has 0 aliphatic heterocycles. The van der Waals surface area contributed by atoms with Crippen LogP contribution in [0.25, 0.3) is 0 Å². The van der Waals surface area contributed by atoms with Gasteiger partial charge in [0.2, 0.25) is 0 Å². The van der Waals surface area contributed by atoms with Crippen molar-refractivity contribution in [1.29, 1.82) is 0 Å². The highest BCUT2D eigenvalue weighted by Crippen LogP contribution is 2.31. The molecule has 2 fully saturated rings. The Morgan fingerprint density at radius 1 is 1.12 bits per heavy atom. The lowest BCUT2D eigenvalue weighted by Gasteiger charge is -2.28. The second kappa shape index (κ2) is 5.85. The fourth-order valence-electron chi connectivity index (χ4n) is 3.44. The Bertz CT molecular complexity index is 253. The summed E-state index contributed by atoms with van der Waals surface area (Å²) in [6.07, 6.45) is 11.7. The van der Waals surface area contributed by atoms with Gasteiger partial charge in [-0.05, 0) is 31.7 Å². The Hall–Kier alpha value is -0.570. The molecule has 2 aliphatic rings. The first-order valence-corrected chi connectivity index (χ1v) is 7.21. The number of aliphatic carboxylic acids is 1. The Kier molecular flexibility index (Phi) is 4.43. The fourth-order valence-corrected chi connectivity index (χ4v) is 3.44. The van der Waals surface area contributed by atoms with Crippen LogP contribution in [-0.2, 0) is 4.79 Å². The van der Waals surface area contributed by atoms with Crippen LogP contribution in [0, 0.1) is 5.92 Å². The van der Waals surface area contributed by atoms with Gasteiger partial charge in [-0.3, -0.25) is 4.79 Å². The molecule has 2 rings (SSSR count). The highest BCUT2D eigenvalue weighted by atomic mass is 16.4. The van der Waals surface area contributed by atoms with E-state index in [1.54, 1.807) is 0 Å². The van der Waals surface area contributed by atoms with Gasteiger partial charge in [-0.1, -0.05) is 44.9 Å². The van der Waals surface area contributed by atoms with Crippen molar-refractivity contribution in [2.75, 3.05) is 6.54 Å². The van der Waals surface area contributed by atoms with Crippen molar-refractivity contribution in [2.45, 2.75) is 69.7 Å². The highest BCUT2D eigenvalue weighted by molar-refractivity contribution is 5.79. The minimum Gasteiger partial charge on any atom is -0.480 e. The Morgan fingerprint density at radius 2 is 1.76 bits per heavy atom. The van der Waals surface area contributed by atoms with Crippen LogP contribution in [-0.4, -0.2) is 23.2 Å². The summed E-state index contributed by atoms with van der Waals surface area (Å²) in [7, 11) is 0. The molecule has 0 aromatic heterocycles. The second-order valence-corrected chi connectivity index (χ2v) is 5.81. The number of carbonyl (C=O) groups is 1. The van der Waals surface area contributed by atoms with Crippen molar-refractivity contribution in [3.05, 3.63) is 0 Å². The summed E-state index contributed by atoms with van der Waals surface area (Å²) < 4.78 is 0. The summed E-state index contributed by atoms with van der Waals surface area (Å²) >= 11 is 0. The Labute approximate surface area is 104 Å². The third kappa shape index (κ3) is 3.21. The van der Waals surface area contributed by atoms with E-state index in [0.717, 1.165) is 44.6 Å². The summed E-state index contributed by atoms with van der Waals surface area (Å²) in [4.78, 5) is 11.3. The molecule has 2 aliphatic carbocycles. The average Bonchev–Trinajstić information content (AvgIpc) is 2.80. The van der Waals surface area contributed by atoms with Crippen LogP contribution in [0.2, 0.25) is 0 Å². The molecule has 0 aromatic rings. The predicted octanol–water partition coefficient (Wildman–Crippen LogP) is 2.94. The molecule has 98 valence electrons. The number of rotatable bonds is 5. The summed E-state index contributed by atoms with van der Waals surface area (Å²) in [5.41, 5.74) is -0.589. The molecule has 2 saturated carbocycles. The zero-order chi connectivity index (χ0) is 12.1. The van der Waals surface area contributed by atoms with E-state index in [1.807, 2.05) is 0 Å². The third-order valence-electron chi connectivity index (χ3n) is 4.61. The van der Waals surface area contributed by atoms with Gasteiger partial charge in [0.1, 0.15) is 5.54 Å². The van der Waals surface area contributed by atoms with Crippen LogP contribution in [0.15, 0.2) is 0 Å². The van der Waals surface area contributed by atoms with E-state index in [2.05, 4.69) is 5.32 Å². The molecule has 0 unspecified atom stereocenters. The largest absolute Gasteiger partial charge is 0.480 e. The van der Waals surface area contributed by atoms with Gasteiger partial charge >= 0.3 is 5.97 Å². The molecule has 17 heavy (non-hydrogen) atoms. The van der Waals surface area contributed by atoms with Crippen LogP contribution in [0.1, 0.15) is 64.2 Å². The molecule has 0 atom stereocenters. The number of hydrogen-bond acceptors (Lipinski definition) is 2. The quantitative estimate of drug-likeness (QED) is 0.775. The van der Waals surface area contributed by atoms with E-state index in [4.69, 9.17) is 0 Å². The van der Waals surface area contributed by atoms with Crippen LogP contribution >= 0.6 is 0 Å². The van der Waals surface area contributed by atoms with Crippen LogP contribution < -0.4 is 5.32 Å². The van der Waals surface area contributed by atoms with Gasteiger partial charge in [0.05, 0.1) is 0 Å². The van der Waals surface area contributed by atoms with Crippen molar-refractivity contribution >= 4 is 5.97 Å². The first-order valence-electron chi connectivity index (χ1n) is 7.21. The topological polar surface area (TPSA) is 49.3 Å². The summed E-state index contributed by atoms with van der Waals surface area (Å²) in [5, 5.41) is 12.7. The van der Waals surface area contributed by atoms with Crippen molar-refractivity contribution in [3.8, 4) is 0 Å². The zero-order valence-electron chi connectivity index (χ0n) is 10.7.